The Kier molecular flexibility index (Phi) is 6.98. The number of nitrogen functional groups attached to an aromatic ring is 2. The molecule has 1 amide bonds. The van der Waals surface area contributed by atoms with Gasteiger partial charge >= 0.3 is 6.18 Å². The van der Waals surface area contributed by atoms with E-state index in [1.54, 1.807) is 13.8 Å². The molecule has 0 aliphatic rings. The van der Waals surface area contributed by atoms with Crippen LogP contribution < -0.4 is 27.7 Å². The number of anilines is 3. The van der Waals surface area contributed by atoms with E-state index in [1.165, 1.54) is 18.3 Å². The predicted molar refractivity (Wildman–Crippen MR) is 132 cm³/mol. The minimum Gasteiger partial charge on any atom is -0.399 e. The van der Waals surface area contributed by atoms with Gasteiger partial charge in [-0.3, -0.25) is 14.2 Å². The van der Waals surface area contributed by atoms with Crippen molar-refractivity contribution in [3.8, 4) is 11.3 Å². The van der Waals surface area contributed by atoms with Gasteiger partial charge < -0.3 is 26.6 Å². The summed E-state index contributed by atoms with van der Waals surface area (Å²) in [5.41, 5.74) is 9.49. The molecule has 0 bridgehead atoms. The second-order valence-corrected chi connectivity index (χ2v) is 8.81. The number of hydrogen-bond acceptors (Lipinski definition) is 8. The van der Waals surface area contributed by atoms with Gasteiger partial charge in [-0.15, -0.1) is 0 Å². The second kappa shape index (κ2) is 10.0. The van der Waals surface area contributed by atoms with Crippen molar-refractivity contribution in [2.24, 2.45) is 0 Å². The molecule has 0 aliphatic carbocycles. The highest BCUT2D eigenvalue weighted by Crippen LogP contribution is 2.34. The Morgan fingerprint density at radius 2 is 1.89 bits per heavy atom. The maximum Gasteiger partial charge on any atom is 0.416 e. The third-order valence-electron chi connectivity index (χ3n) is 5.50. The van der Waals surface area contributed by atoms with E-state index in [-0.39, 0.29) is 57.7 Å². The van der Waals surface area contributed by atoms with Gasteiger partial charge in [0.15, 0.2) is 17.2 Å². The number of nitrogens with zero attached hydrogens (tertiary/aromatic N) is 3. The lowest BCUT2D eigenvalue weighted by Gasteiger charge is -2.17. The van der Waals surface area contributed by atoms with Gasteiger partial charge in [-0.2, -0.15) is 13.2 Å². The number of hydrogen-bond donors (Lipinski definition) is 4. The SMILES string of the molecule is CC(C)Nc1ncc(-c2cc(N)cc(C(F)(F)F)c2)n(CC(=O)NCc2cc3onc(N)c3cc2F)c1=O. The Morgan fingerprint density at radius 1 is 1.16 bits per heavy atom. The van der Waals surface area contributed by atoms with Crippen molar-refractivity contribution in [3.05, 3.63) is 63.8 Å². The molecular weight excluding hydrogens is 510 g/mol. The number of carbonyl (C=O) groups excluding carboxylic acids is 1. The summed E-state index contributed by atoms with van der Waals surface area (Å²) in [5, 5.41) is 9.16. The molecule has 0 atom stereocenters. The van der Waals surface area contributed by atoms with Gasteiger partial charge in [0.25, 0.3) is 5.56 Å². The molecule has 0 spiro atoms. The first-order valence-electron chi connectivity index (χ1n) is 11.3. The third kappa shape index (κ3) is 5.53. The lowest BCUT2D eigenvalue weighted by Crippen LogP contribution is -2.35. The number of nitrogens with one attached hydrogen (secondary N) is 2. The first-order valence-corrected chi connectivity index (χ1v) is 11.3. The van der Waals surface area contributed by atoms with Gasteiger partial charge in [-0.1, -0.05) is 5.16 Å². The third-order valence-corrected chi connectivity index (χ3v) is 5.50. The van der Waals surface area contributed by atoms with E-state index in [0.29, 0.717) is 0 Å². The van der Waals surface area contributed by atoms with Crippen molar-refractivity contribution >= 4 is 34.2 Å². The molecule has 200 valence electrons. The predicted octanol–water partition coefficient (Wildman–Crippen LogP) is 3.51. The summed E-state index contributed by atoms with van der Waals surface area (Å²) < 4.78 is 60.7. The van der Waals surface area contributed by atoms with E-state index < -0.39 is 35.6 Å². The van der Waals surface area contributed by atoms with Crippen LogP contribution in [-0.4, -0.2) is 26.7 Å². The molecule has 2 heterocycles. The molecule has 10 nitrogen and oxygen atoms in total. The Morgan fingerprint density at radius 3 is 2.58 bits per heavy atom. The fourth-order valence-corrected chi connectivity index (χ4v) is 3.76. The Hall–Kier alpha value is -4.62. The van der Waals surface area contributed by atoms with Gasteiger partial charge in [0, 0.05) is 29.4 Å². The maximum atomic E-state index is 14.5. The number of nitrogens with two attached hydrogens (primary N) is 2. The zero-order chi connectivity index (χ0) is 27.8. The summed E-state index contributed by atoms with van der Waals surface area (Å²) in [6.07, 6.45) is -3.52. The quantitative estimate of drug-likeness (QED) is 0.208. The van der Waals surface area contributed by atoms with Crippen molar-refractivity contribution in [2.45, 2.75) is 39.2 Å². The average molecular weight is 533 g/mol. The molecule has 2 aromatic heterocycles. The number of benzene rings is 2. The van der Waals surface area contributed by atoms with Crippen LogP contribution in [-0.2, 0) is 24.1 Å². The summed E-state index contributed by atoms with van der Waals surface area (Å²) in [4.78, 5) is 30.1. The molecule has 0 unspecified atom stereocenters. The van der Waals surface area contributed by atoms with Gasteiger partial charge in [-0.05, 0) is 44.2 Å². The van der Waals surface area contributed by atoms with Crippen LogP contribution in [0, 0.1) is 5.82 Å². The number of carbonyl (C=O) groups is 1. The number of amides is 1. The standard InChI is InChI=1S/C24H23F4N7O3/c1-11(2)33-22-23(37)35(18(9-32-22)12-3-14(24(26,27)28)6-15(29)4-12)10-20(36)31-8-13-5-19-16(7-17(13)25)21(30)34-38-19/h3-7,9,11H,8,10,29H2,1-2H3,(H2,30,34)(H,31,36)(H,32,33). The van der Waals surface area contributed by atoms with E-state index in [9.17, 15) is 27.2 Å². The topological polar surface area (TPSA) is 154 Å². The summed E-state index contributed by atoms with van der Waals surface area (Å²) >= 11 is 0. The molecule has 38 heavy (non-hydrogen) atoms. The van der Waals surface area contributed by atoms with Gasteiger partial charge in [0.05, 0.1) is 22.8 Å². The molecule has 0 aliphatic heterocycles. The fraction of sp³-hybridized carbons (Fsp3) is 0.250. The van der Waals surface area contributed by atoms with Crippen molar-refractivity contribution in [1.29, 1.82) is 0 Å². The van der Waals surface area contributed by atoms with E-state index in [1.807, 2.05) is 0 Å². The zero-order valence-electron chi connectivity index (χ0n) is 20.2. The molecule has 0 fully saturated rings. The molecule has 14 heteroatoms. The smallest absolute Gasteiger partial charge is 0.399 e. The average Bonchev–Trinajstić information content (AvgIpc) is 3.18. The summed E-state index contributed by atoms with van der Waals surface area (Å²) in [6, 6.07) is 5.06. The summed E-state index contributed by atoms with van der Waals surface area (Å²) in [7, 11) is 0. The van der Waals surface area contributed by atoms with E-state index in [2.05, 4.69) is 20.8 Å². The van der Waals surface area contributed by atoms with Gasteiger partial charge in [-0.25, -0.2) is 9.37 Å². The first kappa shape index (κ1) is 26.4. The lowest BCUT2D eigenvalue weighted by molar-refractivity contribution is -0.137. The highest BCUT2D eigenvalue weighted by Gasteiger charge is 2.31. The number of rotatable bonds is 7. The Labute approximate surface area is 212 Å². The highest BCUT2D eigenvalue weighted by atomic mass is 19.4. The Bertz CT molecular complexity index is 1580. The van der Waals surface area contributed by atoms with Crippen molar-refractivity contribution in [3.63, 3.8) is 0 Å². The van der Waals surface area contributed by atoms with E-state index >= 15 is 0 Å². The highest BCUT2D eigenvalue weighted by molar-refractivity contribution is 5.87. The van der Waals surface area contributed by atoms with Crippen LogP contribution in [0.2, 0.25) is 0 Å². The summed E-state index contributed by atoms with van der Waals surface area (Å²) in [5.74, 6) is -1.47. The van der Waals surface area contributed by atoms with Gasteiger partial charge in [0.1, 0.15) is 12.4 Å². The zero-order valence-corrected chi connectivity index (χ0v) is 20.2. The minimum absolute atomic E-state index is 0.0140. The Balaban J connectivity index is 1.67. The summed E-state index contributed by atoms with van der Waals surface area (Å²) in [6.45, 7) is 2.64. The van der Waals surface area contributed by atoms with Crippen LogP contribution in [0.3, 0.4) is 0 Å². The fourth-order valence-electron chi connectivity index (χ4n) is 3.76. The van der Waals surface area contributed by atoms with Crippen molar-refractivity contribution < 1.29 is 26.9 Å². The van der Waals surface area contributed by atoms with Crippen LogP contribution in [0.4, 0.5) is 34.9 Å². The molecule has 0 saturated carbocycles. The maximum absolute atomic E-state index is 14.5. The number of halogens is 4. The molecule has 0 radical (unpaired) electrons. The van der Waals surface area contributed by atoms with Crippen molar-refractivity contribution in [2.75, 3.05) is 16.8 Å². The van der Waals surface area contributed by atoms with Crippen LogP contribution in [0.1, 0.15) is 25.0 Å². The molecule has 4 rings (SSSR count). The lowest BCUT2D eigenvalue weighted by atomic mass is 10.1. The van der Waals surface area contributed by atoms with Gasteiger partial charge in [0.2, 0.25) is 5.91 Å². The number of alkyl halides is 3. The normalized spacial score (nSPS) is 11.8. The minimum atomic E-state index is -4.70. The monoisotopic (exact) mass is 533 g/mol. The molecule has 0 saturated heterocycles. The largest absolute Gasteiger partial charge is 0.416 e. The number of aromatic nitrogens is 3. The molecule has 2 aromatic carbocycles. The van der Waals surface area contributed by atoms with E-state index in [4.69, 9.17) is 16.0 Å². The van der Waals surface area contributed by atoms with Crippen LogP contribution in [0.15, 0.2) is 45.8 Å². The first-order chi connectivity index (χ1) is 17.8. The van der Waals surface area contributed by atoms with Crippen LogP contribution in [0.25, 0.3) is 22.2 Å². The van der Waals surface area contributed by atoms with Crippen LogP contribution in [0.5, 0.6) is 0 Å². The second-order valence-electron chi connectivity index (χ2n) is 8.81. The number of fused-ring (bicyclic) bond motifs is 1. The van der Waals surface area contributed by atoms with Crippen molar-refractivity contribution in [1.82, 2.24) is 20.0 Å². The molecule has 4 aromatic rings. The molecular formula is C24H23F4N7O3. The van der Waals surface area contributed by atoms with Crippen LogP contribution >= 0.6 is 0 Å². The van der Waals surface area contributed by atoms with E-state index in [0.717, 1.165) is 22.8 Å². The molecule has 6 N–H and O–H groups in total.